The van der Waals surface area contributed by atoms with E-state index in [0.29, 0.717) is 31.0 Å². The smallest absolute Gasteiger partial charge is 0.172 e. The van der Waals surface area contributed by atoms with Gasteiger partial charge in [-0.05, 0) is 24.7 Å². The van der Waals surface area contributed by atoms with Crippen LogP contribution in [0.1, 0.15) is 19.3 Å². The molecule has 3 heteroatoms. The second kappa shape index (κ2) is 2.07. The number of hydrogen-bond acceptors (Lipinski definition) is 3. The van der Waals surface area contributed by atoms with Crippen LogP contribution < -0.4 is 0 Å². The molecule has 4 rings (SSSR count). The summed E-state index contributed by atoms with van der Waals surface area (Å²) in [6, 6.07) is 0. The monoisotopic (exact) mass is 194 g/mol. The fraction of sp³-hybridized carbons (Fsp3) is 0.909. The molecule has 0 N–H and O–H groups in total. The topological polar surface area (TPSA) is 35.5 Å². The fourth-order valence-corrected chi connectivity index (χ4v) is 4.57. The largest absolute Gasteiger partial charge is 0.347 e. The van der Waals surface area contributed by atoms with E-state index in [9.17, 15) is 4.79 Å². The SMILES string of the molecule is O=C[C@]12[C@@H]3CC[C@H]1[C@H]2C1(C3)OCCO1. The van der Waals surface area contributed by atoms with E-state index in [-0.39, 0.29) is 11.2 Å². The van der Waals surface area contributed by atoms with Crippen LogP contribution in [0.4, 0.5) is 0 Å². The zero-order chi connectivity index (χ0) is 9.39. The van der Waals surface area contributed by atoms with E-state index in [2.05, 4.69) is 0 Å². The fourth-order valence-electron chi connectivity index (χ4n) is 4.57. The Labute approximate surface area is 82.8 Å². The summed E-state index contributed by atoms with van der Waals surface area (Å²) in [5.41, 5.74) is -0.0235. The number of carbonyl (C=O) groups excluding carboxylic acids is 1. The van der Waals surface area contributed by atoms with Crippen LogP contribution in [0.25, 0.3) is 0 Å². The zero-order valence-electron chi connectivity index (χ0n) is 8.07. The highest BCUT2D eigenvalue weighted by Crippen LogP contribution is 2.80. The first-order valence-corrected chi connectivity index (χ1v) is 5.58. The summed E-state index contributed by atoms with van der Waals surface area (Å²) in [6.45, 7) is 1.43. The molecule has 1 saturated heterocycles. The van der Waals surface area contributed by atoms with Crippen molar-refractivity contribution in [3.63, 3.8) is 0 Å². The van der Waals surface area contributed by atoms with Gasteiger partial charge in [0.15, 0.2) is 5.79 Å². The lowest BCUT2D eigenvalue weighted by Gasteiger charge is -2.24. The van der Waals surface area contributed by atoms with Crippen molar-refractivity contribution < 1.29 is 14.3 Å². The summed E-state index contributed by atoms with van der Waals surface area (Å²) in [5, 5.41) is 0. The second-order valence-electron chi connectivity index (χ2n) is 5.19. The minimum Gasteiger partial charge on any atom is -0.347 e. The Morgan fingerprint density at radius 3 is 2.57 bits per heavy atom. The van der Waals surface area contributed by atoms with Crippen LogP contribution in [-0.4, -0.2) is 25.3 Å². The van der Waals surface area contributed by atoms with Crippen molar-refractivity contribution in [3.05, 3.63) is 0 Å². The first kappa shape index (κ1) is 7.83. The maximum atomic E-state index is 11.3. The van der Waals surface area contributed by atoms with Crippen molar-refractivity contribution in [2.75, 3.05) is 13.2 Å². The highest BCUT2D eigenvalue weighted by molar-refractivity contribution is 5.70. The summed E-state index contributed by atoms with van der Waals surface area (Å²) in [7, 11) is 0. The highest BCUT2D eigenvalue weighted by Gasteiger charge is 2.83. The van der Waals surface area contributed by atoms with Crippen molar-refractivity contribution >= 4 is 6.29 Å². The van der Waals surface area contributed by atoms with Crippen LogP contribution in [0.2, 0.25) is 0 Å². The predicted octanol–water partition coefficient (Wildman–Crippen LogP) is 0.974. The normalized spacial score (nSPS) is 56.4. The molecule has 3 saturated carbocycles. The van der Waals surface area contributed by atoms with E-state index in [1.807, 2.05) is 0 Å². The third kappa shape index (κ3) is 0.574. The van der Waals surface area contributed by atoms with Crippen LogP contribution in [0.5, 0.6) is 0 Å². The summed E-state index contributed by atoms with van der Waals surface area (Å²) >= 11 is 0. The average molecular weight is 194 g/mol. The van der Waals surface area contributed by atoms with Crippen molar-refractivity contribution in [2.45, 2.75) is 25.0 Å². The molecule has 0 bridgehead atoms. The van der Waals surface area contributed by atoms with Gasteiger partial charge >= 0.3 is 0 Å². The minimum atomic E-state index is -0.341. The lowest BCUT2D eigenvalue weighted by Crippen LogP contribution is -2.31. The number of rotatable bonds is 1. The van der Waals surface area contributed by atoms with Gasteiger partial charge in [-0.15, -0.1) is 0 Å². The van der Waals surface area contributed by atoms with E-state index >= 15 is 0 Å². The standard InChI is InChI=1S/C11H14O3/c12-6-10-7-1-2-8(10)9(10)11(5-7)13-3-4-14-11/h6-9H,1-5H2/t7-,8+,9-,10+/m1/s1. The molecule has 76 valence electrons. The molecule has 0 radical (unpaired) electrons. The van der Waals surface area contributed by atoms with Gasteiger partial charge < -0.3 is 14.3 Å². The van der Waals surface area contributed by atoms with Crippen molar-refractivity contribution in [2.24, 2.45) is 23.2 Å². The van der Waals surface area contributed by atoms with Crippen molar-refractivity contribution in [3.8, 4) is 0 Å². The number of ether oxygens (including phenoxy) is 2. The van der Waals surface area contributed by atoms with E-state index < -0.39 is 0 Å². The van der Waals surface area contributed by atoms with Gasteiger partial charge in [-0.3, -0.25) is 0 Å². The molecule has 0 unspecified atom stereocenters. The molecule has 3 aliphatic carbocycles. The number of aldehydes is 1. The van der Waals surface area contributed by atoms with E-state index in [1.54, 1.807) is 0 Å². The Balaban J connectivity index is 1.79. The lowest BCUT2D eigenvalue weighted by atomic mass is 9.93. The zero-order valence-corrected chi connectivity index (χ0v) is 8.07. The molecule has 1 spiro atoms. The number of carbonyl (C=O) groups is 1. The maximum Gasteiger partial charge on any atom is 0.172 e. The van der Waals surface area contributed by atoms with Crippen molar-refractivity contribution in [1.82, 2.24) is 0 Å². The summed E-state index contributed by atoms with van der Waals surface area (Å²) < 4.78 is 11.6. The van der Waals surface area contributed by atoms with Crippen LogP contribution in [-0.2, 0) is 14.3 Å². The molecule has 4 atom stereocenters. The van der Waals surface area contributed by atoms with Gasteiger partial charge in [-0.1, -0.05) is 0 Å². The van der Waals surface area contributed by atoms with Gasteiger partial charge in [0.1, 0.15) is 6.29 Å². The Morgan fingerprint density at radius 1 is 1.21 bits per heavy atom. The number of hydrogen-bond donors (Lipinski definition) is 0. The van der Waals surface area contributed by atoms with Crippen LogP contribution in [0.15, 0.2) is 0 Å². The van der Waals surface area contributed by atoms with Gasteiger partial charge in [0.25, 0.3) is 0 Å². The summed E-state index contributed by atoms with van der Waals surface area (Å²) in [5.74, 6) is 1.19. The Morgan fingerprint density at radius 2 is 2.00 bits per heavy atom. The molecule has 4 fully saturated rings. The van der Waals surface area contributed by atoms with Gasteiger partial charge in [0.05, 0.1) is 13.2 Å². The van der Waals surface area contributed by atoms with Gasteiger partial charge in [-0.25, -0.2) is 0 Å². The molecule has 0 aromatic carbocycles. The third-order valence-electron chi connectivity index (χ3n) is 4.99. The molecule has 1 aliphatic heterocycles. The second-order valence-corrected chi connectivity index (χ2v) is 5.19. The summed E-state index contributed by atoms with van der Waals surface area (Å²) in [4.78, 5) is 11.3. The molecule has 14 heavy (non-hydrogen) atoms. The van der Waals surface area contributed by atoms with Crippen LogP contribution in [0.3, 0.4) is 0 Å². The number of fused-ring (bicyclic) bond motifs is 2. The van der Waals surface area contributed by atoms with Gasteiger partial charge in [-0.2, -0.15) is 0 Å². The minimum absolute atomic E-state index is 0.0235. The maximum absolute atomic E-state index is 11.3. The molecular weight excluding hydrogens is 180 g/mol. The highest BCUT2D eigenvalue weighted by atomic mass is 16.7. The van der Waals surface area contributed by atoms with E-state index in [0.717, 1.165) is 6.42 Å². The van der Waals surface area contributed by atoms with Crippen LogP contribution in [0, 0.1) is 23.2 Å². The Bertz CT molecular complexity index is 308. The molecule has 3 nitrogen and oxygen atoms in total. The quantitative estimate of drug-likeness (QED) is 0.583. The molecule has 0 amide bonds. The summed E-state index contributed by atoms with van der Waals surface area (Å²) in [6.07, 6.45) is 4.59. The first-order chi connectivity index (χ1) is 6.83. The molecule has 1 heterocycles. The lowest BCUT2D eigenvalue weighted by molar-refractivity contribution is -0.171. The molecule has 0 aromatic heterocycles. The first-order valence-electron chi connectivity index (χ1n) is 5.58. The molecule has 0 aromatic rings. The average Bonchev–Trinajstić information content (AvgIpc) is 2.49. The van der Waals surface area contributed by atoms with Crippen LogP contribution >= 0.6 is 0 Å². The van der Waals surface area contributed by atoms with Gasteiger partial charge in [0, 0.05) is 17.8 Å². The van der Waals surface area contributed by atoms with E-state index in [4.69, 9.17) is 9.47 Å². The van der Waals surface area contributed by atoms with E-state index in [1.165, 1.54) is 19.1 Å². The third-order valence-corrected chi connectivity index (χ3v) is 4.99. The van der Waals surface area contributed by atoms with Crippen molar-refractivity contribution in [1.29, 1.82) is 0 Å². The van der Waals surface area contributed by atoms with Gasteiger partial charge in [0.2, 0.25) is 0 Å². The Kier molecular flexibility index (Phi) is 1.16. The predicted molar refractivity (Wildman–Crippen MR) is 47.5 cm³/mol. The Hall–Kier alpha value is -0.410. The molecule has 4 aliphatic rings. The molecular formula is C11H14O3.